The fourth-order valence-corrected chi connectivity index (χ4v) is 9.23. The molecule has 1 heterocycles. The van der Waals surface area contributed by atoms with Crippen molar-refractivity contribution in [1.82, 2.24) is 0 Å². The first-order valence-electron chi connectivity index (χ1n) is 8.73. The van der Waals surface area contributed by atoms with Crippen LogP contribution in [-0.4, -0.2) is 39.3 Å². The highest BCUT2D eigenvalue weighted by Gasteiger charge is 2.55. The van der Waals surface area contributed by atoms with Gasteiger partial charge in [0.2, 0.25) is 0 Å². The highest BCUT2D eigenvalue weighted by Crippen LogP contribution is 2.40. The summed E-state index contributed by atoms with van der Waals surface area (Å²) in [7, 11) is -3.43. The van der Waals surface area contributed by atoms with Crippen molar-refractivity contribution >= 4 is 27.4 Å². The van der Waals surface area contributed by atoms with Gasteiger partial charge in [0.15, 0.2) is 7.83 Å². The molecule has 1 fully saturated rings. The van der Waals surface area contributed by atoms with Gasteiger partial charge in [-0.2, -0.15) is 0 Å². The molecule has 1 unspecified atom stereocenters. The third-order valence-corrected chi connectivity index (χ3v) is 21.9. The fourth-order valence-electron chi connectivity index (χ4n) is 2.69. The molecule has 1 rings (SSSR count). The zero-order valence-electron chi connectivity index (χ0n) is 16.7. The second-order valence-corrected chi connectivity index (χ2v) is 23.2. The molecular weight excluding hydrogens is 352 g/mol. The van der Waals surface area contributed by atoms with E-state index in [2.05, 4.69) is 39.3 Å². The Morgan fingerprint density at radius 3 is 1.84 bits per heavy atom. The number of rotatable bonds is 6. The molecule has 1 aliphatic heterocycles. The second kappa shape index (κ2) is 7.59. The van der Waals surface area contributed by atoms with E-state index in [4.69, 9.17) is 13.9 Å². The second-order valence-electron chi connectivity index (χ2n) is 8.04. The first kappa shape index (κ1) is 21.9. The fraction of sp³-hybridized carbons (Fsp3) is 0.667. The molecule has 5 nitrogen and oxygen atoms in total. The molecule has 142 valence electrons. The highest BCUT2D eigenvalue weighted by molar-refractivity contribution is 7.38. The molecule has 0 aromatic carbocycles. The van der Waals surface area contributed by atoms with Gasteiger partial charge in [0.1, 0.15) is 6.10 Å². The summed E-state index contributed by atoms with van der Waals surface area (Å²) in [6, 6.07) is 1.05. The van der Waals surface area contributed by atoms with E-state index in [1.165, 1.54) is 0 Å². The normalized spacial score (nSPS) is 22.0. The van der Waals surface area contributed by atoms with Crippen LogP contribution in [0, 0.1) is 0 Å². The minimum absolute atomic E-state index is 0.256. The quantitative estimate of drug-likeness (QED) is 0.298. The first-order valence-corrected chi connectivity index (χ1v) is 15.8. The predicted molar refractivity (Wildman–Crippen MR) is 104 cm³/mol. The lowest BCUT2D eigenvalue weighted by Crippen LogP contribution is -2.66. The summed E-state index contributed by atoms with van der Waals surface area (Å²) >= 11 is 0. The molecule has 1 atom stereocenters. The lowest BCUT2D eigenvalue weighted by molar-refractivity contribution is -0.255. The van der Waals surface area contributed by atoms with Crippen molar-refractivity contribution in [1.29, 1.82) is 0 Å². The third-order valence-electron chi connectivity index (χ3n) is 5.31. The average molecular weight is 385 g/mol. The Bertz CT molecular complexity index is 552. The Morgan fingerprint density at radius 2 is 1.52 bits per heavy atom. The minimum Gasteiger partial charge on any atom is -0.416 e. The predicted octanol–water partition coefficient (Wildman–Crippen LogP) is 4.11. The van der Waals surface area contributed by atoms with Crippen LogP contribution in [0.1, 0.15) is 33.6 Å². The minimum atomic E-state index is -1.95. The van der Waals surface area contributed by atoms with Crippen molar-refractivity contribution in [2.45, 2.75) is 77.7 Å². The van der Waals surface area contributed by atoms with E-state index in [-0.39, 0.29) is 11.1 Å². The van der Waals surface area contributed by atoms with Gasteiger partial charge in [0.05, 0.1) is 7.59 Å². The van der Waals surface area contributed by atoms with E-state index in [0.717, 1.165) is 6.04 Å². The molecule has 0 spiro atoms. The molecule has 0 radical (unpaired) electrons. The Labute approximate surface area is 153 Å². The Hall–Kier alpha value is -1.19. The average Bonchev–Trinajstić information content (AvgIpc) is 2.48. The molecule has 0 bridgehead atoms. The number of hydrogen-bond donors (Lipinski definition) is 0. The third kappa shape index (κ3) is 4.71. The van der Waals surface area contributed by atoms with Crippen LogP contribution in [-0.2, 0) is 23.5 Å². The van der Waals surface area contributed by atoms with Gasteiger partial charge in [-0.05, 0) is 33.4 Å². The molecule has 0 aromatic heterocycles. The van der Waals surface area contributed by atoms with E-state index in [1.807, 2.05) is 6.92 Å². The van der Waals surface area contributed by atoms with Gasteiger partial charge in [-0.1, -0.05) is 39.2 Å². The van der Waals surface area contributed by atoms with Crippen molar-refractivity contribution in [2.24, 2.45) is 0 Å². The van der Waals surface area contributed by atoms with Crippen LogP contribution in [0.5, 0.6) is 0 Å². The number of carbonyl (C=O) groups is 2. The standard InChI is InChI=1S/C18H32O5Si2/c1-10-18(21-16(19)13(2)3,22-17(20)14(4)5)15-11-12-24(6,7)25(8,9)23-15/h15H,2,4,10-12H2,1,3,5-9H3. The van der Waals surface area contributed by atoms with Gasteiger partial charge in [0.25, 0.3) is 5.79 Å². The highest BCUT2D eigenvalue weighted by atomic mass is 29.3. The van der Waals surface area contributed by atoms with Crippen molar-refractivity contribution in [3.05, 3.63) is 24.3 Å². The van der Waals surface area contributed by atoms with Crippen molar-refractivity contribution in [3.8, 4) is 0 Å². The van der Waals surface area contributed by atoms with Crippen LogP contribution in [0.4, 0.5) is 0 Å². The Kier molecular flexibility index (Phi) is 6.64. The van der Waals surface area contributed by atoms with Crippen LogP contribution >= 0.6 is 0 Å². The van der Waals surface area contributed by atoms with E-state index in [9.17, 15) is 9.59 Å². The number of ether oxygens (including phenoxy) is 2. The largest absolute Gasteiger partial charge is 0.416 e. The summed E-state index contributed by atoms with van der Waals surface area (Å²) in [4.78, 5) is 24.5. The SMILES string of the molecule is C=C(C)C(=O)OC(CC)(OC(=O)C(=C)C)C1CC[Si](C)(C)[Si](C)(C)O1. The van der Waals surface area contributed by atoms with E-state index in [1.54, 1.807) is 13.8 Å². The topological polar surface area (TPSA) is 61.8 Å². The lowest BCUT2D eigenvalue weighted by Gasteiger charge is -2.50. The molecule has 0 amide bonds. The maximum absolute atomic E-state index is 12.2. The van der Waals surface area contributed by atoms with Gasteiger partial charge in [-0.25, -0.2) is 9.59 Å². The summed E-state index contributed by atoms with van der Waals surface area (Å²) in [5.74, 6) is -2.61. The summed E-state index contributed by atoms with van der Waals surface area (Å²) in [5.41, 5.74) is 0.512. The lowest BCUT2D eigenvalue weighted by atomic mass is 10.0. The first-order chi connectivity index (χ1) is 11.3. The zero-order chi connectivity index (χ0) is 19.6. The van der Waals surface area contributed by atoms with Crippen LogP contribution in [0.2, 0.25) is 32.2 Å². The summed E-state index contributed by atoms with van der Waals surface area (Å²) in [5, 5.41) is 0. The van der Waals surface area contributed by atoms with Gasteiger partial charge < -0.3 is 13.9 Å². The number of carbonyl (C=O) groups excluding carboxylic acids is 2. The van der Waals surface area contributed by atoms with Gasteiger partial charge in [0, 0.05) is 17.6 Å². The van der Waals surface area contributed by atoms with E-state index in [0.29, 0.717) is 12.8 Å². The van der Waals surface area contributed by atoms with Gasteiger partial charge in [-0.3, -0.25) is 0 Å². The summed E-state index contributed by atoms with van der Waals surface area (Å²) < 4.78 is 17.8. The van der Waals surface area contributed by atoms with Crippen molar-refractivity contribution < 1.29 is 23.5 Å². The van der Waals surface area contributed by atoms with E-state index >= 15 is 0 Å². The van der Waals surface area contributed by atoms with Crippen LogP contribution in [0.25, 0.3) is 0 Å². The molecule has 0 aromatic rings. The molecule has 1 aliphatic rings. The zero-order valence-corrected chi connectivity index (χ0v) is 18.7. The smallest absolute Gasteiger partial charge is 0.336 e. The molecule has 1 saturated heterocycles. The molecule has 7 heteroatoms. The summed E-state index contributed by atoms with van der Waals surface area (Å²) in [6.45, 7) is 21.3. The van der Waals surface area contributed by atoms with Crippen molar-refractivity contribution in [3.63, 3.8) is 0 Å². The summed E-state index contributed by atoms with van der Waals surface area (Å²) in [6.07, 6.45) is 0.546. The maximum atomic E-state index is 12.2. The number of esters is 2. The molecule has 0 aliphatic carbocycles. The monoisotopic (exact) mass is 384 g/mol. The molecule has 25 heavy (non-hydrogen) atoms. The van der Waals surface area contributed by atoms with Crippen molar-refractivity contribution in [2.75, 3.05) is 0 Å². The molecule has 0 N–H and O–H groups in total. The van der Waals surface area contributed by atoms with E-state index < -0.39 is 39.3 Å². The maximum Gasteiger partial charge on any atom is 0.336 e. The Morgan fingerprint density at radius 1 is 1.08 bits per heavy atom. The Balaban J connectivity index is 3.25. The van der Waals surface area contributed by atoms with Gasteiger partial charge in [-0.15, -0.1) is 0 Å². The van der Waals surface area contributed by atoms with Crippen LogP contribution in [0.15, 0.2) is 24.3 Å². The molecule has 0 saturated carbocycles. The van der Waals surface area contributed by atoms with Crippen LogP contribution < -0.4 is 0 Å². The number of hydrogen-bond acceptors (Lipinski definition) is 5. The molecular formula is C18H32O5Si2. The van der Waals surface area contributed by atoms with Gasteiger partial charge >= 0.3 is 11.9 Å². The van der Waals surface area contributed by atoms with Crippen LogP contribution in [0.3, 0.4) is 0 Å².